The zero-order chi connectivity index (χ0) is 20.6. The van der Waals surface area contributed by atoms with Gasteiger partial charge >= 0.3 is 0 Å². The molecular formula is C21H25FN2O3S. The van der Waals surface area contributed by atoms with E-state index in [1.54, 1.807) is 43.0 Å². The van der Waals surface area contributed by atoms with E-state index in [1.165, 1.54) is 26.2 Å². The molecule has 0 unspecified atom stereocenters. The molecule has 7 heteroatoms. The number of nitrogens with zero attached hydrogens (tertiary/aromatic N) is 2. The van der Waals surface area contributed by atoms with Crippen LogP contribution in [0.1, 0.15) is 39.9 Å². The molecule has 0 bridgehead atoms. The minimum atomic E-state index is -3.68. The van der Waals surface area contributed by atoms with Crippen LogP contribution >= 0.6 is 0 Å². The Bertz CT molecular complexity index is 1010. The Kier molecular flexibility index (Phi) is 5.59. The van der Waals surface area contributed by atoms with Gasteiger partial charge in [-0.05, 0) is 56.0 Å². The molecule has 2 aromatic carbocycles. The molecule has 2 aromatic rings. The number of sulfonamides is 1. The van der Waals surface area contributed by atoms with Gasteiger partial charge < -0.3 is 4.90 Å². The SMILES string of the molecule is Cc1cc(C(=O)N(Cc2ccccc2F)C2CC2)cc(S(=O)(=O)N(C)C)c1C. The van der Waals surface area contributed by atoms with Crippen molar-refractivity contribution in [1.82, 2.24) is 9.21 Å². The highest BCUT2D eigenvalue weighted by atomic mass is 32.2. The molecule has 28 heavy (non-hydrogen) atoms. The molecule has 3 rings (SSSR count). The summed E-state index contributed by atoms with van der Waals surface area (Å²) in [5.41, 5.74) is 2.12. The summed E-state index contributed by atoms with van der Waals surface area (Å²) in [7, 11) is -0.748. The van der Waals surface area contributed by atoms with Crippen molar-refractivity contribution in [3.05, 3.63) is 64.5 Å². The largest absolute Gasteiger partial charge is 0.331 e. The third-order valence-corrected chi connectivity index (χ3v) is 7.11. The molecule has 1 aliphatic rings. The number of rotatable bonds is 6. The topological polar surface area (TPSA) is 57.7 Å². The van der Waals surface area contributed by atoms with Crippen LogP contribution in [0.15, 0.2) is 41.3 Å². The normalized spacial score (nSPS) is 14.4. The van der Waals surface area contributed by atoms with Crippen LogP contribution in [0.3, 0.4) is 0 Å². The standard InChI is InChI=1S/C21H25FN2O3S/c1-14-11-17(12-20(15(14)2)28(26,27)23(3)4)21(25)24(18-9-10-18)13-16-7-5-6-8-19(16)22/h5-8,11-12,18H,9-10,13H2,1-4H3. The molecule has 0 aliphatic heterocycles. The fraction of sp³-hybridized carbons (Fsp3) is 0.381. The predicted molar refractivity (Wildman–Crippen MR) is 106 cm³/mol. The van der Waals surface area contributed by atoms with Gasteiger partial charge in [-0.1, -0.05) is 18.2 Å². The molecule has 150 valence electrons. The molecule has 0 radical (unpaired) electrons. The monoisotopic (exact) mass is 404 g/mol. The van der Waals surface area contributed by atoms with Crippen LogP contribution < -0.4 is 0 Å². The second kappa shape index (κ2) is 7.64. The third-order valence-electron chi connectivity index (χ3n) is 5.17. The molecule has 0 spiro atoms. The number of halogens is 1. The summed E-state index contributed by atoms with van der Waals surface area (Å²) in [6.07, 6.45) is 1.74. The van der Waals surface area contributed by atoms with E-state index in [4.69, 9.17) is 0 Å². The average molecular weight is 405 g/mol. The van der Waals surface area contributed by atoms with Gasteiger partial charge in [-0.2, -0.15) is 0 Å². The molecule has 0 aromatic heterocycles. The molecule has 0 atom stereocenters. The first kappa shape index (κ1) is 20.5. The van der Waals surface area contributed by atoms with E-state index in [-0.39, 0.29) is 29.2 Å². The Morgan fingerprint density at radius 3 is 2.36 bits per heavy atom. The van der Waals surface area contributed by atoms with Crippen LogP contribution in [0.4, 0.5) is 4.39 Å². The minimum Gasteiger partial charge on any atom is -0.331 e. The Morgan fingerprint density at radius 2 is 1.79 bits per heavy atom. The van der Waals surface area contributed by atoms with Crippen molar-refractivity contribution in [3.8, 4) is 0 Å². The maximum Gasteiger partial charge on any atom is 0.254 e. The lowest BCUT2D eigenvalue weighted by Crippen LogP contribution is -2.33. The number of carbonyl (C=O) groups is 1. The average Bonchev–Trinajstić information content (AvgIpc) is 3.47. The van der Waals surface area contributed by atoms with Gasteiger partial charge in [0.15, 0.2) is 0 Å². The summed E-state index contributed by atoms with van der Waals surface area (Å²) in [6, 6.07) is 9.61. The zero-order valence-electron chi connectivity index (χ0n) is 16.6. The molecule has 1 amide bonds. The summed E-state index contributed by atoms with van der Waals surface area (Å²) in [6.45, 7) is 3.69. The molecule has 1 aliphatic carbocycles. The zero-order valence-corrected chi connectivity index (χ0v) is 17.4. The number of hydrogen-bond acceptors (Lipinski definition) is 3. The Labute approximate surface area is 165 Å². The van der Waals surface area contributed by atoms with E-state index in [2.05, 4.69) is 0 Å². The van der Waals surface area contributed by atoms with Crippen LogP contribution in [-0.2, 0) is 16.6 Å². The highest BCUT2D eigenvalue weighted by molar-refractivity contribution is 7.89. The van der Waals surface area contributed by atoms with Gasteiger partial charge in [0.1, 0.15) is 5.82 Å². The van der Waals surface area contributed by atoms with E-state index in [0.29, 0.717) is 16.7 Å². The summed E-state index contributed by atoms with van der Waals surface area (Å²) >= 11 is 0. The number of amides is 1. The predicted octanol–water partition coefficient (Wildman–Crippen LogP) is 3.50. The Hall–Kier alpha value is -2.25. The molecule has 5 nitrogen and oxygen atoms in total. The van der Waals surface area contributed by atoms with Crippen molar-refractivity contribution in [2.24, 2.45) is 0 Å². The minimum absolute atomic E-state index is 0.0580. The van der Waals surface area contributed by atoms with E-state index < -0.39 is 10.0 Å². The van der Waals surface area contributed by atoms with Gasteiger partial charge in [0.25, 0.3) is 5.91 Å². The van der Waals surface area contributed by atoms with Gasteiger partial charge in [0.05, 0.1) is 4.90 Å². The van der Waals surface area contributed by atoms with Crippen LogP contribution in [0.25, 0.3) is 0 Å². The molecule has 0 N–H and O–H groups in total. The van der Waals surface area contributed by atoms with Crippen molar-refractivity contribution in [3.63, 3.8) is 0 Å². The van der Waals surface area contributed by atoms with E-state index >= 15 is 0 Å². The summed E-state index contributed by atoms with van der Waals surface area (Å²) < 4.78 is 40.6. The van der Waals surface area contributed by atoms with Crippen molar-refractivity contribution in [2.75, 3.05) is 14.1 Å². The van der Waals surface area contributed by atoms with Crippen LogP contribution in [0, 0.1) is 19.7 Å². The van der Waals surface area contributed by atoms with E-state index in [0.717, 1.165) is 22.7 Å². The lowest BCUT2D eigenvalue weighted by atomic mass is 10.0. The summed E-state index contributed by atoms with van der Waals surface area (Å²) in [5.74, 6) is -0.624. The maximum atomic E-state index is 14.1. The van der Waals surface area contributed by atoms with Crippen molar-refractivity contribution in [1.29, 1.82) is 0 Å². The van der Waals surface area contributed by atoms with Crippen molar-refractivity contribution < 1.29 is 17.6 Å². The van der Waals surface area contributed by atoms with Crippen LogP contribution in [-0.4, -0.2) is 43.7 Å². The Balaban J connectivity index is 2.00. The third kappa shape index (κ3) is 3.95. The van der Waals surface area contributed by atoms with Gasteiger partial charge in [-0.15, -0.1) is 0 Å². The first-order valence-corrected chi connectivity index (χ1v) is 10.6. The van der Waals surface area contributed by atoms with Crippen LogP contribution in [0.2, 0.25) is 0 Å². The summed E-state index contributed by atoms with van der Waals surface area (Å²) in [4.78, 5) is 15.0. The van der Waals surface area contributed by atoms with Crippen molar-refractivity contribution >= 4 is 15.9 Å². The number of benzene rings is 2. The number of hydrogen-bond donors (Lipinski definition) is 0. The Morgan fingerprint density at radius 1 is 1.14 bits per heavy atom. The molecule has 1 saturated carbocycles. The van der Waals surface area contributed by atoms with E-state index in [1.807, 2.05) is 0 Å². The first-order chi connectivity index (χ1) is 13.1. The fourth-order valence-electron chi connectivity index (χ4n) is 3.14. The molecule has 0 saturated heterocycles. The smallest absolute Gasteiger partial charge is 0.254 e. The van der Waals surface area contributed by atoms with Gasteiger partial charge in [0.2, 0.25) is 10.0 Å². The molecule has 1 fully saturated rings. The van der Waals surface area contributed by atoms with Crippen molar-refractivity contribution in [2.45, 2.75) is 44.2 Å². The lowest BCUT2D eigenvalue weighted by Gasteiger charge is -2.24. The van der Waals surface area contributed by atoms with Crippen LogP contribution in [0.5, 0.6) is 0 Å². The maximum absolute atomic E-state index is 14.1. The quantitative estimate of drug-likeness (QED) is 0.740. The number of carbonyl (C=O) groups excluding carboxylic acids is 1. The highest BCUT2D eigenvalue weighted by Gasteiger charge is 2.34. The second-order valence-corrected chi connectivity index (χ2v) is 9.58. The highest BCUT2D eigenvalue weighted by Crippen LogP contribution is 2.31. The van der Waals surface area contributed by atoms with E-state index in [9.17, 15) is 17.6 Å². The molecule has 0 heterocycles. The summed E-state index contributed by atoms with van der Waals surface area (Å²) in [5, 5.41) is 0. The molecular weight excluding hydrogens is 379 g/mol. The van der Waals surface area contributed by atoms with Gasteiger partial charge in [0, 0.05) is 37.8 Å². The number of aryl methyl sites for hydroxylation is 1. The first-order valence-electron chi connectivity index (χ1n) is 9.21. The van der Waals surface area contributed by atoms with Gasteiger partial charge in [-0.25, -0.2) is 17.1 Å². The second-order valence-electron chi connectivity index (χ2n) is 7.46. The fourth-order valence-corrected chi connectivity index (χ4v) is 4.36. The van der Waals surface area contributed by atoms with Gasteiger partial charge in [-0.3, -0.25) is 4.79 Å². The lowest BCUT2D eigenvalue weighted by molar-refractivity contribution is 0.0728.